The second-order valence-electron chi connectivity index (χ2n) is 15.2. The summed E-state index contributed by atoms with van der Waals surface area (Å²) in [6, 6.07) is 40.5. The van der Waals surface area contributed by atoms with Crippen molar-refractivity contribution in [3.8, 4) is 0 Å². The normalized spacial score (nSPS) is 23.8. The summed E-state index contributed by atoms with van der Waals surface area (Å²) >= 11 is 0. The summed E-state index contributed by atoms with van der Waals surface area (Å²) in [5.41, 5.74) is 3.80. The van der Waals surface area contributed by atoms with Gasteiger partial charge in [0.1, 0.15) is 23.9 Å². The number of ether oxygens (including phenoxy) is 5. The van der Waals surface area contributed by atoms with Crippen LogP contribution in [0.3, 0.4) is 0 Å². The van der Waals surface area contributed by atoms with E-state index in [0.717, 1.165) is 41.6 Å². The first-order chi connectivity index (χ1) is 25.8. The molecule has 6 atom stereocenters. The van der Waals surface area contributed by atoms with Crippen molar-refractivity contribution in [3.05, 3.63) is 144 Å². The van der Waals surface area contributed by atoms with Crippen molar-refractivity contribution in [2.24, 2.45) is 5.92 Å². The average Bonchev–Trinajstić information content (AvgIpc) is 3.17. The maximum absolute atomic E-state index is 13.6. The predicted molar refractivity (Wildman–Crippen MR) is 207 cm³/mol. The molecule has 8 nitrogen and oxygen atoms in total. The summed E-state index contributed by atoms with van der Waals surface area (Å²) in [6.45, 7) is 9.97. The van der Waals surface area contributed by atoms with Crippen LogP contribution in [0, 0.1) is 5.92 Å². The molecule has 53 heavy (non-hydrogen) atoms. The second-order valence-corrected chi connectivity index (χ2v) is 15.2. The summed E-state index contributed by atoms with van der Waals surface area (Å²) in [5.74, 6) is -0.171. The highest BCUT2D eigenvalue weighted by atomic mass is 16.6. The van der Waals surface area contributed by atoms with Crippen LogP contribution in [0.5, 0.6) is 0 Å². The molecule has 282 valence electrons. The van der Waals surface area contributed by atoms with Crippen molar-refractivity contribution < 1.29 is 28.5 Å². The first kappa shape index (κ1) is 38.8. The minimum absolute atomic E-state index is 0.0292. The third-order valence-electron chi connectivity index (χ3n) is 9.95. The Morgan fingerprint density at radius 1 is 0.679 bits per heavy atom. The zero-order valence-corrected chi connectivity index (χ0v) is 31.5. The first-order valence-corrected chi connectivity index (χ1v) is 19.1. The third kappa shape index (κ3) is 11.8. The van der Waals surface area contributed by atoms with Gasteiger partial charge in [0.05, 0.1) is 45.2 Å². The highest BCUT2D eigenvalue weighted by molar-refractivity contribution is 5.76. The second kappa shape index (κ2) is 19.4. The molecular weight excluding hydrogens is 665 g/mol. The molecule has 8 heteroatoms. The molecule has 1 unspecified atom stereocenters. The van der Waals surface area contributed by atoms with Crippen LogP contribution in [-0.2, 0) is 54.9 Å². The molecule has 0 aromatic heterocycles. The van der Waals surface area contributed by atoms with Gasteiger partial charge >= 0.3 is 5.97 Å². The lowest BCUT2D eigenvalue weighted by atomic mass is 9.87. The number of rotatable bonds is 16. The number of nitrogens with zero attached hydrogens (tertiary/aromatic N) is 1. The maximum Gasteiger partial charge on any atom is 0.323 e. The Morgan fingerprint density at radius 3 is 1.70 bits per heavy atom. The van der Waals surface area contributed by atoms with E-state index in [1.54, 1.807) is 0 Å². The largest absolute Gasteiger partial charge is 0.459 e. The van der Waals surface area contributed by atoms with Crippen LogP contribution < -0.4 is 5.32 Å². The summed E-state index contributed by atoms with van der Waals surface area (Å²) in [6.07, 6.45) is 0.777. The minimum Gasteiger partial charge on any atom is -0.459 e. The first-order valence-electron chi connectivity index (χ1n) is 19.1. The van der Waals surface area contributed by atoms with E-state index >= 15 is 0 Å². The lowest BCUT2D eigenvalue weighted by Crippen LogP contribution is -2.66. The fourth-order valence-corrected chi connectivity index (χ4v) is 7.35. The zero-order valence-electron chi connectivity index (χ0n) is 31.5. The summed E-state index contributed by atoms with van der Waals surface area (Å²) in [4.78, 5) is 16.0. The molecular formula is C45H56N2O6. The van der Waals surface area contributed by atoms with E-state index in [2.05, 4.69) is 58.7 Å². The molecule has 0 aliphatic carbocycles. The van der Waals surface area contributed by atoms with Crippen LogP contribution >= 0.6 is 0 Å². The molecule has 2 aliphatic heterocycles. The van der Waals surface area contributed by atoms with Crippen molar-refractivity contribution in [1.29, 1.82) is 0 Å². The van der Waals surface area contributed by atoms with Gasteiger partial charge in [0.15, 0.2) is 0 Å². The van der Waals surface area contributed by atoms with Gasteiger partial charge in [-0.05, 0) is 68.3 Å². The summed E-state index contributed by atoms with van der Waals surface area (Å²) in [7, 11) is 0. The van der Waals surface area contributed by atoms with E-state index in [1.807, 2.05) is 93.6 Å². The minimum atomic E-state index is -0.574. The van der Waals surface area contributed by atoms with E-state index in [9.17, 15) is 4.79 Å². The van der Waals surface area contributed by atoms with E-state index in [0.29, 0.717) is 46.1 Å². The Morgan fingerprint density at radius 2 is 1.17 bits per heavy atom. The Labute approximate surface area is 315 Å². The highest BCUT2D eigenvalue weighted by Crippen LogP contribution is 2.32. The number of hydrogen-bond acceptors (Lipinski definition) is 8. The van der Waals surface area contributed by atoms with Crippen LogP contribution in [0.1, 0.15) is 55.9 Å². The number of esters is 1. The molecule has 4 aromatic rings. The van der Waals surface area contributed by atoms with Gasteiger partial charge < -0.3 is 29.0 Å². The molecule has 2 aliphatic rings. The molecule has 2 saturated heterocycles. The molecule has 1 N–H and O–H groups in total. The van der Waals surface area contributed by atoms with Crippen molar-refractivity contribution in [1.82, 2.24) is 10.2 Å². The Kier molecular flexibility index (Phi) is 14.2. The van der Waals surface area contributed by atoms with Gasteiger partial charge in [-0.25, -0.2) is 0 Å². The standard InChI is InChI=1S/C45H56N2O6/c1-45(2,3)53-44(48)41-38(25-16-26-46-41)27-47-28-40(50-30-35-19-10-5-11-20-35)43(52-32-37-23-14-7-15-24-37)42(51-31-36-21-12-6-13-22-36)39(47)33-49-29-34-17-8-4-9-18-34/h4-15,17-24,38-43,46H,16,25-33H2,1-3H3/t38?,39-,40-,41+,42+,43+/m0/s1. The van der Waals surface area contributed by atoms with E-state index in [1.165, 1.54) is 0 Å². The molecule has 4 aromatic carbocycles. The number of benzene rings is 4. The average molecular weight is 721 g/mol. The van der Waals surface area contributed by atoms with Gasteiger partial charge in [-0.1, -0.05) is 121 Å². The van der Waals surface area contributed by atoms with Gasteiger partial charge in [0.2, 0.25) is 0 Å². The van der Waals surface area contributed by atoms with Crippen LogP contribution in [0.25, 0.3) is 0 Å². The SMILES string of the molecule is CC(C)(C)OC(=O)[C@@H]1NCCCC1CN1C[C@H](OCc2ccccc2)[C@@H](OCc2ccccc2)[C@H](OCc2ccccc2)[C@@H]1COCc1ccccc1. The predicted octanol–water partition coefficient (Wildman–Crippen LogP) is 7.35. The molecule has 6 rings (SSSR count). The highest BCUT2D eigenvalue weighted by Gasteiger charge is 2.48. The van der Waals surface area contributed by atoms with Gasteiger partial charge in [0, 0.05) is 13.1 Å². The van der Waals surface area contributed by atoms with Crippen molar-refractivity contribution in [3.63, 3.8) is 0 Å². The summed E-state index contributed by atoms with van der Waals surface area (Å²) in [5, 5.41) is 3.50. The van der Waals surface area contributed by atoms with Gasteiger partial charge in [0.25, 0.3) is 0 Å². The van der Waals surface area contributed by atoms with Crippen molar-refractivity contribution in [2.75, 3.05) is 26.2 Å². The van der Waals surface area contributed by atoms with Crippen molar-refractivity contribution in [2.45, 2.75) is 96.0 Å². The topological polar surface area (TPSA) is 78.5 Å². The molecule has 0 spiro atoms. The van der Waals surface area contributed by atoms with E-state index in [-0.39, 0.29) is 24.0 Å². The van der Waals surface area contributed by atoms with Gasteiger partial charge in [-0.3, -0.25) is 9.69 Å². The number of piperidine rings is 2. The quantitative estimate of drug-likeness (QED) is 0.121. The fourth-order valence-electron chi connectivity index (χ4n) is 7.35. The number of hydrogen-bond donors (Lipinski definition) is 1. The molecule has 0 saturated carbocycles. The smallest absolute Gasteiger partial charge is 0.323 e. The maximum atomic E-state index is 13.6. The van der Waals surface area contributed by atoms with Crippen LogP contribution in [0.4, 0.5) is 0 Å². The van der Waals surface area contributed by atoms with Crippen LogP contribution in [-0.4, -0.2) is 73.1 Å². The number of nitrogens with one attached hydrogen (secondary N) is 1. The monoisotopic (exact) mass is 720 g/mol. The Hall–Kier alpha value is -3.89. The number of carbonyl (C=O) groups excluding carboxylic acids is 1. The van der Waals surface area contributed by atoms with Gasteiger partial charge in [-0.15, -0.1) is 0 Å². The molecule has 0 radical (unpaired) electrons. The third-order valence-corrected chi connectivity index (χ3v) is 9.95. The van der Waals surface area contributed by atoms with E-state index in [4.69, 9.17) is 23.7 Å². The van der Waals surface area contributed by atoms with E-state index < -0.39 is 23.9 Å². The lowest BCUT2D eigenvalue weighted by molar-refractivity contribution is -0.212. The lowest BCUT2D eigenvalue weighted by Gasteiger charge is -2.50. The zero-order chi connectivity index (χ0) is 36.9. The fraction of sp³-hybridized carbons (Fsp3) is 0.444. The molecule has 2 fully saturated rings. The molecule has 2 heterocycles. The molecule has 0 amide bonds. The number of likely N-dealkylation sites (tertiary alicyclic amines) is 1. The summed E-state index contributed by atoms with van der Waals surface area (Å²) < 4.78 is 33.2. The van der Waals surface area contributed by atoms with Crippen LogP contribution in [0.15, 0.2) is 121 Å². The molecule has 0 bridgehead atoms. The van der Waals surface area contributed by atoms with Crippen LogP contribution in [0.2, 0.25) is 0 Å². The Balaban J connectivity index is 1.33. The number of carbonyl (C=O) groups is 1. The Bertz CT molecular complexity index is 1640. The van der Waals surface area contributed by atoms with Gasteiger partial charge in [-0.2, -0.15) is 0 Å². The van der Waals surface area contributed by atoms with Crippen molar-refractivity contribution >= 4 is 5.97 Å².